The van der Waals surface area contributed by atoms with E-state index in [1.165, 1.54) is 0 Å². The molecule has 0 aliphatic rings. The first-order valence-corrected chi connectivity index (χ1v) is 7.96. The monoisotopic (exact) mass is 265 g/mol. The van der Waals surface area contributed by atoms with E-state index in [0.717, 1.165) is 0 Å². The van der Waals surface area contributed by atoms with Gasteiger partial charge in [-0.2, -0.15) is 0 Å². The molecule has 5 nitrogen and oxygen atoms in total. The Morgan fingerprint density at radius 2 is 1.35 bits per heavy atom. The molecule has 6 heteroatoms. The molecular formula is C11H27NO4Si. The number of hydrogen-bond donors (Lipinski definition) is 1. The van der Waals surface area contributed by atoms with Crippen LogP contribution in [0.1, 0.15) is 41.5 Å². The van der Waals surface area contributed by atoms with E-state index in [4.69, 9.17) is 23.7 Å². The third-order valence-corrected chi connectivity index (χ3v) is 5.43. The fourth-order valence-corrected chi connectivity index (χ4v) is 4.32. The van der Waals surface area contributed by atoms with Crippen molar-refractivity contribution in [2.45, 2.75) is 53.0 Å². The van der Waals surface area contributed by atoms with Crippen LogP contribution in [0.15, 0.2) is 0 Å². The van der Waals surface area contributed by atoms with Crippen molar-refractivity contribution >= 4 is 8.80 Å². The molecule has 1 unspecified atom stereocenters. The molecule has 0 aromatic carbocycles. The van der Waals surface area contributed by atoms with Crippen LogP contribution in [-0.2, 0) is 18.0 Å². The van der Waals surface area contributed by atoms with Gasteiger partial charge in [-0.1, -0.05) is 0 Å². The van der Waals surface area contributed by atoms with Gasteiger partial charge in [0.15, 0.2) is 5.35 Å². The topological polar surface area (TPSA) is 62.9 Å². The summed E-state index contributed by atoms with van der Waals surface area (Å²) in [5.41, 5.74) is 6.22. The molecule has 0 aromatic rings. The van der Waals surface area contributed by atoms with Gasteiger partial charge in [0.2, 0.25) is 0 Å². The lowest BCUT2D eigenvalue weighted by Gasteiger charge is -2.40. The molecule has 0 saturated heterocycles. The standard InChI is InChI=1S/C11H27NO4Si/c1-7-13-17(14-8-2,15-9-3)11(6,12)16-10(4)5/h10H,7-9,12H2,1-6H3. The molecule has 1 atom stereocenters. The van der Waals surface area contributed by atoms with Crippen LogP contribution in [0.3, 0.4) is 0 Å². The Morgan fingerprint density at radius 1 is 1.00 bits per heavy atom. The van der Waals surface area contributed by atoms with E-state index in [1.807, 2.05) is 34.6 Å². The molecule has 104 valence electrons. The quantitative estimate of drug-likeness (QED) is 0.507. The van der Waals surface area contributed by atoms with E-state index in [1.54, 1.807) is 6.92 Å². The first-order chi connectivity index (χ1) is 7.85. The Hall–Kier alpha value is 0.0169. The summed E-state index contributed by atoms with van der Waals surface area (Å²) in [7, 11) is -3.03. The number of hydrogen-bond acceptors (Lipinski definition) is 5. The summed E-state index contributed by atoms with van der Waals surface area (Å²) < 4.78 is 22.9. The number of nitrogens with two attached hydrogens (primary N) is 1. The van der Waals surface area contributed by atoms with Crippen molar-refractivity contribution in [1.29, 1.82) is 0 Å². The predicted octanol–water partition coefficient (Wildman–Crippen LogP) is 1.67. The summed E-state index contributed by atoms with van der Waals surface area (Å²) in [6.07, 6.45) is -0.0155. The van der Waals surface area contributed by atoms with Crippen molar-refractivity contribution in [3.63, 3.8) is 0 Å². The Labute approximate surface area is 106 Å². The van der Waals surface area contributed by atoms with Gasteiger partial charge >= 0.3 is 8.80 Å². The highest BCUT2D eigenvalue weighted by Gasteiger charge is 2.58. The summed E-state index contributed by atoms with van der Waals surface area (Å²) >= 11 is 0. The van der Waals surface area contributed by atoms with E-state index < -0.39 is 14.2 Å². The summed E-state index contributed by atoms with van der Waals surface area (Å²) in [5, 5.41) is -1.04. The van der Waals surface area contributed by atoms with Gasteiger partial charge in [0.05, 0.1) is 6.10 Å². The van der Waals surface area contributed by atoms with Crippen molar-refractivity contribution in [2.24, 2.45) is 5.73 Å². The SMILES string of the molecule is CCO[Si](OCC)(OCC)C(C)(N)OC(C)C. The van der Waals surface area contributed by atoms with Crippen molar-refractivity contribution in [1.82, 2.24) is 0 Å². The zero-order valence-electron chi connectivity index (χ0n) is 11.9. The Balaban J connectivity index is 5.07. The Morgan fingerprint density at radius 3 is 1.59 bits per heavy atom. The van der Waals surface area contributed by atoms with Crippen molar-refractivity contribution in [3.05, 3.63) is 0 Å². The van der Waals surface area contributed by atoms with Gasteiger partial charge in [-0.05, 0) is 41.5 Å². The van der Waals surface area contributed by atoms with E-state index in [-0.39, 0.29) is 6.10 Å². The fraction of sp³-hybridized carbons (Fsp3) is 1.00. The van der Waals surface area contributed by atoms with Gasteiger partial charge in [0.25, 0.3) is 0 Å². The largest absolute Gasteiger partial charge is 0.549 e. The molecule has 0 rings (SSSR count). The van der Waals surface area contributed by atoms with E-state index in [2.05, 4.69) is 0 Å². The van der Waals surface area contributed by atoms with Gasteiger partial charge < -0.3 is 23.7 Å². The predicted molar refractivity (Wildman–Crippen MR) is 69.4 cm³/mol. The van der Waals surface area contributed by atoms with Gasteiger partial charge in [-0.25, -0.2) is 0 Å². The molecule has 0 saturated carbocycles. The zero-order chi connectivity index (χ0) is 13.5. The summed E-state index contributed by atoms with van der Waals surface area (Å²) in [4.78, 5) is 0. The lowest BCUT2D eigenvalue weighted by molar-refractivity contribution is -0.0826. The van der Waals surface area contributed by atoms with Crippen LogP contribution >= 0.6 is 0 Å². The van der Waals surface area contributed by atoms with Crippen LogP contribution in [-0.4, -0.2) is 40.1 Å². The van der Waals surface area contributed by atoms with Gasteiger partial charge in [-0.3, -0.25) is 0 Å². The third-order valence-electron chi connectivity index (χ3n) is 2.09. The molecule has 0 spiro atoms. The third kappa shape index (κ3) is 4.65. The van der Waals surface area contributed by atoms with Crippen molar-refractivity contribution in [2.75, 3.05) is 19.8 Å². The van der Waals surface area contributed by atoms with Crippen LogP contribution in [0, 0.1) is 0 Å². The minimum absolute atomic E-state index is 0.0155. The molecule has 17 heavy (non-hydrogen) atoms. The van der Waals surface area contributed by atoms with E-state index in [0.29, 0.717) is 19.8 Å². The first kappa shape index (κ1) is 17.0. The molecule has 0 radical (unpaired) electrons. The smallest absolute Gasteiger partial charge is 0.371 e. The van der Waals surface area contributed by atoms with Crippen LogP contribution in [0.25, 0.3) is 0 Å². The second kappa shape index (κ2) is 7.45. The number of rotatable bonds is 9. The second-order valence-electron chi connectivity index (χ2n) is 4.13. The summed E-state index contributed by atoms with van der Waals surface area (Å²) in [6, 6.07) is 0. The van der Waals surface area contributed by atoms with E-state index >= 15 is 0 Å². The maximum Gasteiger partial charge on any atom is 0.549 e. The molecule has 0 heterocycles. The van der Waals surface area contributed by atoms with Gasteiger partial charge in [-0.15, -0.1) is 0 Å². The molecule has 0 aromatic heterocycles. The normalized spacial score (nSPS) is 16.2. The van der Waals surface area contributed by atoms with Crippen LogP contribution in [0.2, 0.25) is 0 Å². The lowest BCUT2D eigenvalue weighted by Crippen LogP contribution is -2.70. The van der Waals surface area contributed by atoms with Gasteiger partial charge in [0.1, 0.15) is 0 Å². The van der Waals surface area contributed by atoms with Crippen LogP contribution in [0.5, 0.6) is 0 Å². The highest BCUT2D eigenvalue weighted by Crippen LogP contribution is 2.25. The average molecular weight is 265 g/mol. The van der Waals surface area contributed by atoms with E-state index in [9.17, 15) is 0 Å². The van der Waals surface area contributed by atoms with Crippen molar-refractivity contribution < 1.29 is 18.0 Å². The summed E-state index contributed by atoms with van der Waals surface area (Å²) in [6.45, 7) is 12.8. The number of ether oxygens (including phenoxy) is 1. The second-order valence-corrected chi connectivity index (χ2v) is 7.10. The minimum atomic E-state index is -3.03. The average Bonchev–Trinajstić information content (AvgIpc) is 2.16. The summed E-state index contributed by atoms with van der Waals surface area (Å²) in [5.74, 6) is 0. The Kier molecular flexibility index (Phi) is 7.46. The molecule has 2 N–H and O–H groups in total. The zero-order valence-corrected chi connectivity index (χ0v) is 12.9. The molecule has 0 amide bonds. The Bertz CT molecular complexity index is 195. The van der Waals surface area contributed by atoms with Crippen LogP contribution < -0.4 is 5.73 Å². The highest BCUT2D eigenvalue weighted by atomic mass is 28.4. The molecule has 0 fully saturated rings. The molecule has 0 bridgehead atoms. The van der Waals surface area contributed by atoms with Gasteiger partial charge in [0, 0.05) is 19.8 Å². The molecule has 0 aliphatic heterocycles. The maximum absolute atomic E-state index is 6.22. The van der Waals surface area contributed by atoms with Crippen LogP contribution in [0.4, 0.5) is 0 Å². The maximum atomic E-state index is 6.22. The fourth-order valence-electron chi connectivity index (χ4n) is 1.69. The highest BCUT2D eigenvalue weighted by molar-refractivity contribution is 6.63. The first-order valence-electron chi connectivity index (χ1n) is 6.23. The molecule has 0 aliphatic carbocycles. The van der Waals surface area contributed by atoms with Crippen molar-refractivity contribution in [3.8, 4) is 0 Å². The minimum Gasteiger partial charge on any atom is -0.371 e. The molecular weight excluding hydrogens is 238 g/mol. The lowest BCUT2D eigenvalue weighted by atomic mass is 10.5.